The Morgan fingerprint density at radius 3 is 2.77 bits per heavy atom. The summed E-state index contributed by atoms with van der Waals surface area (Å²) >= 11 is 0. The van der Waals surface area contributed by atoms with E-state index in [-0.39, 0.29) is 12.8 Å². The molecule has 1 heterocycles. The van der Waals surface area contributed by atoms with Gasteiger partial charge >= 0.3 is 5.97 Å². The van der Waals surface area contributed by atoms with Gasteiger partial charge in [-0.3, -0.25) is 4.79 Å². The normalized spacial score (nSPS) is 15.0. The summed E-state index contributed by atoms with van der Waals surface area (Å²) in [6.07, 6.45) is 4.87. The number of benzene rings is 1. The molecule has 5 nitrogen and oxygen atoms in total. The molecule has 2 N–H and O–H groups in total. The fourth-order valence-electron chi connectivity index (χ4n) is 3.42. The van der Waals surface area contributed by atoms with E-state index in [1.165, 1.54) is 29.5 Å². The van der Waals surface area contributed by atoms with Gasteiger partial charge in [-0.2, -0.15) is 0 Å². The van der Waals surface area contributed by atoms with Gasteiger partial charge in [0.1, 0.15) is 0 Å². The highest BCUT2D eigenvalue weighted by Gasteiger charge is 2.19. The van der Waals surface area contributed by atoms with E-state index in [2.05, 4.69) is 22.8 Å². The average Bonchev–Trinajstić information content (AvgIpc) is 2.81. The number of aromatic nitrogens is 1. The Labute approximate surface area is 128 Å². The van der Waals surface area contributed by atoms with Crippen molar-refractivity contribution in [1.29, 1.82) is 0 Å². The number of aliphatic carboxylic acids is 1. The third-order valence-corrected chi connectivity index (χ3v) is 4.56. The maximum atomic E-state index is 10.7. The van der Waals surface area contributed by atoms with Gasteiger partial charge in [-0.05, 0) is 37.3 Å². The molecule has 0 amide bonds. The number of nitrogens with zero attached hydrogens (tertiary/aromatic N) is 2. The van der Waals surface area contributed by atoms with E-state index >= 15 is 0 Å². The minimum atomic E-state index is -0.892. The second kappa shape index (κ2) is 5.83. The molecule has 1 aromatic heterocycles. The van der Waals surface area contributed by atoms with Crippen molar-refractivity contribution >= 4 is 22.6 Å². The number of hydrogen-bond donors (Lipinski definition) is 2. The maximum Gasteiger partial charge on any atom is 0.303 e. The smallest absolute Gasteiger partial charge is 0.303 e. The van der Waals surface area contributed by atoms with E-state index in [1.54, 1.807) is 0 Å². The van der Waals surface area contributed by atoms with Crippen LogP contribution in [0.5, 0.6) is 0 Å². The van der Waals surface area contributed by atoms with Gasteiger partial charge in [0.15, 0.2) is 0 Å². The molecule has 116 valence electrons. The summed E-state index contributed by atoms with van der Waals surface area (Å²) in [5.74, 6) is -0.892. The first-order chi connectivity index (χ1) is 10.6. The molecule has 1 aliphatic carbocycles. The average molecular weight is 300 g/mol. The van der Waals surface area contributed by atoms with Crippen molar-refractivity contribution in [2.24, 2.45) is 12.2 Å². The topological polar surface area (TPSA) is 74.8 Å². The molecule has 0 saturated heterocycles. The molecule has 0 aliphatic heterocycles. The lowest BCUT2D eigenvalue weighted by Gasteiger charge is -2.12. The van der Waals surface area contributed by atoms with E-state index in [0.717, 1.165) is 23.9 Å². The summed E-state index contributed by atoms with van der Waals surface area (Å²) in [6.45, 7) is 0. The molecule has 0 bridgehead atoms. The number of carbonyl (C=O) groups is 1. The monoisotopic (exact) mass is 300 g/mol. The van der Waals surface area contributed by atoms with Crippen LogP contribution in [0.3, 0.4) is 0 Å². The van der Waals surface area contributed by atoms with Crippen molar-refractivity contribution in [2.45, 2.75) is 38.5 Å². The summed E-state index contributed by atoms with van der Waals surface area (Å²) in [5, 5.41) is 22.5. The number of hydrogen-bond acceptors (Lipinski definition) is 3. The number of oxime groups is 1. The molecule has 1 aromatic carbocycles. The molecule has 0 unspecified atom stereocenters. The predicted molar refractivity (Wildman–Crippen MR) is 84.8 cm³/mol. The number of fused-ring (bicyclic) bond motifs is 3. The quantitative estimate of drug-likeness (QED) is 0.517. The van der Waals surface area contributed by atoms with Gasteiger partial charge in [-0.15, -0.1) is 0 Å². The Hall–Kier alpha value is -2.30. The molecular formula is C17H20N2O3. The molecule has 0 fully saturated rings. The minimum Gasteiger partial charge on any atom is -0.481 e. The predicted octanol–water partition coefficient (Wildman–Crippen LogP) is 3.10. The largest absolute Gasteiger partial charge is 0.481 e. The van der Waals surface area contributed by atoms with E-state index in [0.29, 0.717) is 5.71 Å². The third kappa shape index (κ3) is 2.47. The summed E-state index contributed by atoms with van der Waals surface area (Å²) in [5.41, 5.74) is 5.16. The molecule has 0 spiro atoms. The highest BCUT2D eigenvalue weighted by Crippen LogP contribution is 2.32. The Balaban J connectivity index is 2.02. The van der Waals surface area contributed by atoms with Gasteiger partial charge in [0, 0.05) is 35.6 Å². The number of carboxylic acid groups (broad SMARTS) is 1. The van der Waals surface area contributed by atoms with Crippen LogP contribution in [0.2, 0.25) is 0 Å². The van der Waals surface area contributed by atoms with Gasteiger partial charge in [-0.25, -0.2) is 0 Å². The van der Waals surface area contributed by atoms with Crippen LogP contribution in [0.1, 0.15) is 42.5 Å². The number of carboxylic acids is 1. The summed E-state index contributed by atoms with van der Waals surface area (Å²) < 4.78 is 2.22. The van der Waals surface area contributed by atoms with E-state index < -0.39 is 5.97 Å². The zero-order chi connectivity index (χ0) is 15.7. The van der Waals surface area contributed by atoms with Crippen LogP contribution < -0.4 is 0 Å². The van der Waals surface area contributed by atoms with Gasteiger partial charge in [0.05, 0.1) is 12.1 Å². The van der Waals surface area contributed by atoms with Crippen LogP contribution >= 0.6 is 0 Å². The fraction of sp³-hybridized carbons (Fsp3) is 0.412. The first-order valence-electron chi connectivity index (χ1n) is 7.65. The molecule has 1 aliphatic rings. The first-order valence-corrected chi connectivity index (χ1v) is 7.65. The van der Waals surface area contributed by atoms with Crippen LogP contribution in [0, 0.1) is 0 Å². The molecule has 0 radical (unpaired) electrons. The molecule has 0 atom stereocenters. The van der Waals surface area contributed by atoms with Crippen molar-refractivity contribution in [3.63, 3.8) is 0 Å². The molecule has 2 aromatic rings. The van der Waals surface area contributed by atoms with Crippen molar-refractivity contribution in [3.05, 3.63) is 35.0 Å². The summed E-state index contributed by atoms with van der Waals surface area (Å²) in [4.78, 5) is 10.7. The lowest BCUT2D eigenvalue weighted by atomic mass is 9.95. The van der Waals surface area contributed by atoms with Gasteiger partial charge < -0.3 is 14.9 Å². The summed E-state index contributed by atoms with van der Waals surface area (Å²) in [6, 6.07) is 6.00. The van der Waals surface area contributed by atoms with Crippen molar-refractivity contribution in [3.8, 4) is 0 Å². The molecule has 3 rings (SSSR count). The van der Waals surface area contributed by atoms with Crippen molar-refractivity contribution in [2.75, 3.05) is 0 Å². The van der Waals surface area contributed by atoms with Crippen LogP contribution in [0.25, 0.3) is 10.9 Å². The molecule has 0 saturated carbocycles. The molecular weight excluding hydrogens is 280 g/mol. The van der Waals surface area contributed by atoms with Crippen LogP contribution in [-0.4, -0.2) is 26.6 Å². The fourth-order valence-corrected chi connectivity index (χ4v) is 3.42. The minimum absolute atomic E-state index is 0.0406. The SMILES string of the molecule is Cn1c2c(c3ccc(/C(CCC(=O)O)=N\O)cc31)CCCC2. The second-order valence-electron chi connectivity index (χ2n) is 5.86. The highest BCUT2D eigenvalue weighted by molar-refractivity contribution is 6.04. The Bertz CT molecular complexity index is 759. The Morgan fingerprint density at radius 2 is 2.05 bits per heavy atom. The van der Waals surface area contributed by atoms with Crippen LogP contribution in [0.15, 0.2) is 23.4 Å². The van der Waals surface area contributed by atoms with Crippen molar-refractivity contribution in [1.82, 2.24) is 4.57 Å². The lowest BCUT2D eigenvalue weighted by Crippen LogP contribution is -2.06. The number of aryl methyl sites for hydroxylation is 2. The standard InChI is InChI=1S/C17H20N2O3/c1-19-15-5-3-2-4-12(15)13-7-6-11(10-16(13)19)14(18-22)8-9-17(20)21/h6-7,10,22H,2-5,8-9H2,1H3,(H,20,21)/b18-14-. The Kier molecular flexibility index (Phi) is 3.88. The van der Waals surface area contributed by atoms with Crippen molar-refractivity contribution < 1.29 is 15.1 Å². The summed E-state index contributed by atoms with van der Waals surface area (Å²) in [7, 11) is 2.07. The lowest BCUT2D eigenvalue weighted by molar-refractivity contribution is -0.136. The third-order valence-electron chi connectivity index (χ3n) is 4.56. The second-order valence-corrected chi connectivity index (χ2v) is 5.86. The van der Waals surface area contributed by atoms with Gasteiger partial charge in [0.25, 0.3) is 0 Å². The highest BCUT2D eigenvalue weighted by atomic mass is 16.4. The molecule has 5 heteroatoms. The van der Waals surface area contributed by atoms with E-state index in [9.17, 15) is 10.0 Å². The van der Waals surface area contributed by atoms with Crippen LogP contribution in [-0.2, 0) is 24.7 Å². The van der Waals surface area contributed by atoms with Gasteiger partial charge in [-0.1, -0.05) is 17.3 Å². The van der Waals surface area contributed by atoms with E-state index in [1.807, 2.05) is 12.1 Å². The number of rotatable bonds is 4. The van der Waals surface area contributed by atoms with E-state index in [4.69, 9.17) is 5.11 Å². The zero-order valence-electron chi connectivity index (χ0n) is 12.7. The molecule has 22 heavy (non-hydrogen) atoms. The zero-order valence-corrected chi connectivity index (χ0v) is 12.7. The Morgan fingerprint density at radius 1 is 1.27 bits per heavy atom. The van der Waals surface area contributed by atoms with Crippen LogP contribution in [0.4, 0.5) is 0 Å². The maximum absolute atomic E-state index is 10.7. The first kappa shape index (κ1) is 14.6. The van der Waals surface area contributed by atoms with Gasteiger partial charge in [0.2, 0.25) is 0 Å².